The minimum Gasteiger partial charge on any atom is -0.481 e. The van der Waals surface area contributed by atoms with Crippen molar-refractivity contribution in [3.8, 4) is 0 Å². The minimum absolute atomic E-state index is 0.300. The van der Waals surface area contributed by atoms with E-state index >= 15 is 0 Å². The van der Waals surface area contributed by atoms with E-state index in [0.29, 0.717) is 18.8 Å². The summed E-state index contributed by atoms with van der Waals surface area (Å²) >= 11 is 0. The van der Waals surface area contributed by atoms with E-state index in [4.69, 9.17) is 5.11 Å². The Kier molecular flexibility index (Phi) is 5.62. The predicted octanol–water partition coefficient (Wildman–Crippen LogP) is 3.15. The van der Waals surface area contributed by atoms with Gasteiger partial charge in [0, 0.05) is 13.1 Å². The van der Waals surface area contributed by atoms with Crippen LogP contribution in [0.15, 0.2) is 24.3 Å². The Morgan fingerprint density at radius 1 is 1.44 bits per heavy atom. The molecule has 0 amide bonds. The molecule has 1 atom stereocenters. The summed E-state index contributed by atoms with van der Waals surface area (Å²) in [4.78, 5) is 12.7. The first-order valence-corrected chi connectivity index (χ1v) is 6.28. The topological polar surface area (TPSA) is 40.5 Å². The number of hydrogen-bond acceptors (Lipinski definition) is 2. The maximum atomic E-state index is 13.7. The van der Waals surface area contributed by atoms with Gasteiger partial charge in [0.05, 0.1) is 11.6 Å². The standard InChI is InChI=1S/C14H20FNO2/c1-3-4-9-16(10-11(2)14(17)18)13-8-6-5-7-12(13)15/h5-8,11H,3-4,9-10H2,1-2H3,(H,17,18). The molecule has 18 heavy (non-hydrogen) atoms. The van der Waals surface area contributed by atoms with Gasteiger partial charge in [0.25, 0.3) is 0 Å². The van der Waals surface area contributed by atoms with Crippen LogP contribution in [0.1, 0.15) is 26.7 Å². The first-order valence-electron chi connectivity index (χ1n) is 6.28. The number of rotatable bonds is 7. The Morgan fingerprint density at radius 3 is 2.67 bits per heavy atom. The van der Waals surface area contributed by atoms with Crippen molar-refractivity contribution in [1.29, 1.82) is 0 Å². The summed E-state index contributed by atoms with van der Waals surface area (Å²) in [6, 6.07) is 6.50. The van der Waals surface area contributed by atoms with Crippen LogP contribution in [0.2, 0.25) is 0 Å². The third-order valence-corrected chi connectivity index (χ3v) is 2.89. The summed E-state index contributed by atoms with van der Waals surface area (Å²) in [6.45, 7) is 4.70. The van der Waals surface area contributed by atoms with Gasteiger partial charge >= 0.3 is 5.97 Å². The molecule has 0 aliphatic carbocycles. The molecule has 0 saturated carbocycles. The van der Waals surface area contributed by atoms with Crippen molar-refractivity contribution in [2.75, 3.05) is 18.0 Å². The molecule has 0 fully saturated rings. The SMILES string of the molecule is CCCCN(CC(C)C(=O)O)c1ccccc1F. The van der Waals surface area contributed by atoms with Crippen LogP contribution < -0.4 is 4.90 Å². The van der Waals surface area contributed by atoms with Crippen LogP contribution in [0.4, 0.5) is 10.1 Å². The normalized spacial score (nSPS) is 12.2. The number of unbranched alkanes of at least 4 members (excludes halogenated alkanes) is 1. The third-order valence-electron chi connectivity index (χ3n) is 2.89. The number of para-hydroxylation sites is 1. The number of nitrogens with zero attached hydrogens (tertiary/aromatic N) is 1. The molecule has 1 rings (SSSR count). The summed E-state index contributed by atoms with van der Waals surface area (Å²) in [5, 5.41) is 8.95. The van der Waals surface area contributed by atoms with Gasteiger partial charge in [-0.15, -0.1) is 0 Å². The van der Waals surface area contributed by atoms with Crippen molar-refractivity contribution in [2.45, 2.75) is 26.7 Å². The van der Waals surface area contributed by atoms with Gasteiger partial charge in [-0.3, -0.25) is 4.79 Å². The van der Waals surface area contributed by atoms with Crippen LogP contribution in [0, 0.1) is 11.7 Å². The maximum Gasteiger partial charge on any atom is 0.308 e. The highest BCUT2D eigenvalue weighted by Gasteiger charge is 2.18. The third kappa shape index (κ3) is 4.02. The van der Waals surface area contributed by atoms with Crippen molar-refractivity contribution >= 4 is 11.7 Å². The summed E-state index contributed by atoms with van der Waals surface area (Å²) in [5.41, 5.74) is 0.485. The number of hydrogen-bond donors (Lipinski definition) is 1. The summed E-state index contributed by atoms with van der Waals surface area (Å²) in [7, 11) is 0. The zero-order valence-electron chi connectivity index (χ0n) is 10.9. The van der Waals surface area contributed by atoms with Crippen LogP contribution >= 0.6 is 0 Å². The fourth-order valence-electron chi connectivity index (χ4n) is 1.78. The predicted molar refractivity (Wildman–Crippen MR) is 70.3 cm³/mol. The number of aliphatic carboxylic acids is 1. The van der Waals surface area contributed by atoms with Gasteiger partial charge in [0.2, 0.25) is 0 Å². The van der Waals surface area contributed by atoms with Crippen LogP contribution in [0.5, 0.6) is 0 Å². The van der Waals surface area contributed by atoms with Gasteiger partial charge in [0.1, 0.15) is 5.82 Å². The highest BCUT2D eigenvalue weighted by molar-refractivity contribution is 5.70. The molecule has 0 bridgehead atoms. The summed E-state index contributed by atoms with van der Waals surface area (Å²) < 4.78 is 13.7. The number of carboxylic acid groups (broad SMARTS) is 1. The molecule has 100 valence electrons. The Labute approximate surface area is 107 Å². The van der Waals surface area contributed by atoms with E-state index in [-0.39, 0.29) is 5.82 Å². The highest BCUT2D eigenvalue weighted by Crippen LogP contribution is 2.20. The van der Waals surface area contributed by atoms with Crippen molar-refractivity contribution < 1.29 is 14.3 Å². The van der Waals surface area contributed by atoms with Gasteiger partial charge in [-0.2, -0.15) is 0 Å². The Bertz CT molecular complexity index is 395. The molecule has 0 aliphatic rings. The minimum atomic E-state index is -0.854. The lowest BCUT2D eigenvalue weighted by molar-refractivity contribution is -0.140. The van der Waals surface area contributed by atoms with Crippen LogP contribution in [-0.2, 0) is 4.79 Å². The fraction of sp³-hybridized carbons (Fsp3) is 0.500. The molecule has 0 aromatic heterocycles. The van der Waals surface area contributed by atoms with Crippen molar-refractivity contribution in [1.82, 2.24) is 0 Å². The van der Waals surface area contributed by atoms with Crippen LogP contribution in [0.25, 0.3) is 0 Å². The second-order valence-corrected chi connectivity index (χ2v) is 4.49. The quantitative estimate of drug-likeness (QED) is 0.811. The molecular weight excluding hydrogens is 233 g/mol. The van der Waals surface area contributed by atoms with E-state index in [1.54, 1.807) is 25.1 Å². The summed E-state index contributed by atoms with van der Waals surface area (Å²) in [5.74, 6) is -1.67. The molecule has 0 aliphatic heterocycles. The van der Waals surface area contributed by atoms with Gasteiger partial charge in [-0.1, -0.05) is 32.4 Å². The van der Waals surface area contributed by atoms with Crippen molar-refractivity contribution in [3.63, 3.8) is 0 Å². The molecule has 0 heterocycles. The Balaban J connectivity index is 2.84. The Hall–Kier alpha value is -1.58. The Morgan fingerprint density at radius 2 is 2.11 bits per heavy atom. The number of carboxylic acids is 1. The lowest BCUT2D eigenvalue weighted by atomic mass is 10.1. The molecule has 1 N–H and O–H groups in total. The smallest absolute Gasteiger partial charge is 0.308 e. The second kappa shape index (κ2) is 6.99. The van der Waals surface area contributed by atoms with E-state index in [1.165, 1.54) is 6.07 Å². The van der Waals surface area contributed by atoms with Crippen molar-refractivity contribution in [3.05, 3.63) is 30.1 Å². The molecule has 0 spiro atoms. The molecule has 0 radical (unpaired) electrons. The number of halogens is 1. The van der Waals surface area contributed by atoms with Gasteiger partial charge in [-0.05, 0) is 18.6 Å². The number of carbonyl (C=O) groups is 1. The fourth-order valence-corrected chi connectivity index (χ4v) is 1.78. The molecular formula is C14H20FNO2. The van der Waals surface area contributed by atoms with Crippen LogP contribution in [0.3, 0.4) is 0 Å². The van der Waals surface area contributed by atoms with E-state index in [2.05, 4.69) is 6.92 Å². The maximum absolute atomic E-state index is 13.7. The first kappa shape index (κ1) is 14.5. The number of benzene rings is 1. The molecule has 0 saturated heterocycles. The molecule has 1 unspecified atom stereocenters. The zero-order chi connectivity index (χ0) is 13.5. The van der Waals surface area contributed by atoms with Gasteiger partial charge < -0.3 is 10.0 Å². The molecule has 1 aromatic rings. The van der Waals surface area contributed by atoms with Crippen molar-refractivity contribution in [2.24, 2.45) is 5.92 Å². The molecule has 3 nitrogen and oxygen atoms in total. The lowest BCUT2D eigenvalue weighted by Gasteiger charge is -2.26. The van der Waals surface area contributed by atoms with Gasteiger partial charge in [-0.25, -0.2) is 4.39 Å². The van der Waals surface area contributed by atoms with Crippen LogP contribution in [-0.4, -0.2) is 24.2 Å². The van der Waals surface area contributed by atoms with E-state index in [9.17, 15) is 9.18 Å². The first-order chi connectivity index (χ1) is 8.56. The lowest BCUT2D eigenvalue weighted by Crippen LogP contribution is -2.33. The van der Waals surface area contributed by atoms with E-state index in [1.807, 2.05) is 4.90 Å². The average Bonchev–Trinajstić information content (AvgIpc) is 2.35. The van der Waals surface area contributed by atoms with E-state index in [0.717, 1.165) is 12.8 Å². The second-order valence-electron chi connectivity index (χ2n) is 4.49. The summed E-state index contributed by atoms with van der Waals surface area (Å²) in [6.07, 6.45) is 1.91. The molecule has 4 heteroatoms. The number of anilines is 1. The van der Waals surface area contributed by atoms with Gasteiger partial charge in [0.15, 0.2) is 0 Å². The molecule has 1 aromatic carbocycles. The average molecular weight is 253 g/mol. The zero-order valence-corrected chi connectivity index (χ0v) is 10.9. The largest absolute Gasteiger partial charge is 0.481 e. The highest BCUT2D eigenvalue weighted by atomic mass is 19.1. The monoisotopic (exact) mass is 253 g/mol. The van der Waals surface area contributed by atoms with E-state index < -0.39 is 11.9 Å².